The van der Waals surface area contributed by atoms with E-state index in [0.717, 1.165) is 0 Å². The first-order chi connectivity index (χ1) is 12.0. The van der Waals surface area contributed by atoms with Crippen LogP contribution in [0, 0.1) is 0 Å². The van der Waals surface area contributed by atoms with E-state index < -0.39 is 0 Å². The molecule has 0 spiro atoms. The summed E-state index contributed by atoms with van der Waals surface area (Å²) in [5.41, 5.74) is 0.508. The Balaban J connectivity index is 1.49. The Hall–Kier alpha value is -2.48. The van der Waals surface area contributed by atoms with Crippen molar-refractivity contribution in [3.8, 4) is 5.75 Å². The Morgan fingerprint density at radius 2 is 2.16 bits per heavy atom. The molecule has 1 N–H and O–H groups in total. The van der Waals surface area contributed by atoms with Crippen LogP contribution in [0.25, 0.3) is 0 Å². The summed E-state index contributed by atoms with van der Waals surface area (Å²) in [6.45, 7) is 1.81. The van der Waals surface area contributed by atoms with Gasteiger partial charge in [-0.1, -0.05) is 11.6 Å². The van der Waals surface area contributed by atoms with Gasteiger partial charge in [0.25, 0.3) is 5.91 Å². The van der Waals surface area contributed by atoms with Crippen molar-refractivity contribution in [2.75, 3.05) is 44.2 Å². The molecule has 3 aliphatic heterocycles. The maximum absolute atomic E-state index is 12.7. The van der Waals surface area contributed by atoms with E-state index in [1.807, 2.05) is 0 Å². The zero-order valence-electron chi connectivity index (χ0n) is 13.4. The Kier molecular flexibility index (Phi) is 3.91. The summed E-state index contributed by atoms with van der Waals surface area (Å²) >= 11 is 6.02. The number of nitrogens with one attached hydrogen (secondary N) is 1. The molecule has 1 aromatic rings. The molecular weight excluding hydrogens is 348 g/mol. The fourth-order valence-electron chi connectivity index (χ4n) is 3.41. The topological polar surface area (TPSA) is 82.2 Å². The van der Waals surface area contributed by atoms with Crippen molar-refractivity contribution in [3.05, 3.63) is 23.2 Å². The summed E-state index contributed by atoms with van der Waals surface area (Å²) < 4.78 is 5.39. The van der Waals surface area contributed by atoms with Crippen molar-refractivity contribution in [3.63, 3.8) is 0 Å². The van der Waals surface area contributed by atoms with E-state index >= 15 is 0 Å². The molecule has 1 unspecified atom stereocenters. The lowest BCUT2D eigenvalue weighted by Crippen LogP contribution is -2.56. The van der Waals surface area contributed by atoms with Crippen LogP contribution in [0.3, 0.4) is 0 Å². The van der Waals surface area contributed by atoms with Gasteiger partial charge in [0.15, 0.2) is 6.61 Å². The van der Waals surface area contributed by atoms with Crippen molar-refractivity contribution in [2.45, 2.75) is 6.04 Å². The number of amides is 4. The van der Waals surface area contributed by atoms with Crippen molar-refractivity contribution in [1.29, 1.82) is 0 Å². The number of ether oxygens (including phenoxy) is 1. The molecule has 0 aromatic heterocycles. The molecular formula is C16H17ClN4O4. The Morgan fingerprint density at radius 1 is 1.32 bits per heavy atom. The normalized spacial score (nSPS) is 22.3. The number of rotatable bonds is 2. The quantitative estimate of drug-likeness (QED) is 0.818. The van der Waals surface area contributed by atoms with E-state index in [4.69, 9.17) is 16.3 Å². The first kappa shape index (κ1) is 16.0. The summed E-state index contributed by atoms with van der Waals surface area (Å²) in [6.07, 6.45) is 0. The number of carbonyl (C=O) groups is 3. The number of anilines is 1. The van der Waals surface area contributed by atoms with E-state index in [1.54, 1.807) is 28.0 Å². The molecule has 1 atom stereocenters. The predicted octanol–water partition coefficient (Wildman–Crippen LogP) is 0.301. The molecule has 9 heteroatoms. The van der Waals surface area contributed by atoms with Gasteiger partial charge >= 0.3 is 6.03 Å². The van der Waals surface area contributed by atoms with Crippen LogP contribution in [-0.2, 0) is 9.59 Å². The van der Waals surface area contributed by atoms with Gasteiger partial charge in [0.05, 0.1) is 11.7 Å². The number of urea groups is 1. The second-order valence-electron chi connectivity index (χ2n) is 6.25. The number of carbonyl (C=O) groups excluding carboxylic acids is 3. The molecule has 8 nitrogen and oxygen atoms in total. The van der Waals surface area contributed by atoms with Crippen LogP contribution in [0.5, 0.6) is 5.75 Å². The molecule has 0 saturated carbocycles. The van der Waals surface area contributed by atoms with Gasteiger partial charge in [-0.2, -0.15) is 0 Å². The molecule has 1 aromatic carbocycles. The number of hydrogen-bond donors (Lipinski definition) is 1. The lowest BCUT2D eigenvalue weighted by Gasteiger charge is -2.38. The smallest absolute Gasteiger partial charge is 0.317 e. The third-order valence-corrected chi connectivity index (χ3v) is 4.98. The second-order valence-corrected chi connectivity index (χ2v) is 6.69. The van der Waals surface area contributed by atoms with Gasteiger partial charge in [-0.3, -0.25) is 14.5 Å². The highest BCUT2D eigenvalue weighted by molar-refractivity contribution is 6.31. The second kappa shape index (κ2) is 6.11. The van der Waals surface area contributed by atoms with Gasteiger partial charge < -0.3 is 19.9 Å². The van der Waals surface area contributed by atoms with Gasteiger partial charge in [0, 0.05) is 31.2 Å². The third kappa shape index (κ3) is 2.86. The van der Waals surface area contributed by atoms with Crippen molar-refractivity contribution < 1.29 is 19.1 Å². The zero-order chi connectivity index (χ0) is 17.6. The van der Waals surface area contributed by atoms with E-state index in [0.29, 0.717) is 42.6 Å². The van der Waals surface area contributed by atoms with Crippen molar-refractivity contribution in [1.82, 2.24) is 15.1 Å². The van der Waals surface area contributed by atoms with E-state index in [2.05, 4.69) is 5.32 Å². The first-order valence-electron chi connectivity index (χ1n) is 8.08. The molecule has 3 aliphatic rings. The summed E-state index contributed by atoms with van der Waals surface area (Å²) in [6, 6.07) is 4.91. The highest BCUT2D eigenvalue weighted by Gasteiger charge is 2.38. The maximum Gasteiger partial charge on any atom is 0.317 e. The molecule has 132 valence electrons. The van der Waals surface area contributed by atoms with Gasteiger partial charge in [-0.15, -0.1) is 0 Å². The minimum atomic E-state index is -0.278. The van der Waals surface area contributed by atoms with Crippen LogP contribution in [0.1, 0.15) is 0 Å². The van der Waals surface area contributed by atoms with Crippen LogP contribution in [0.2, 0.25) is 5.02 Å². The fraction of sp³-hybridized carbons (Fsp3) is 0.438. The number of piperazine rings is 1. The number of halogens is 1. The van der Waals surface area contributed by atoms with Crippen LogP contribution in [0.15, 0.2) is 18.2 Å². The van der Waals surface area contributed by atoms with E-state index in [-0.39, 0.29) is 37.0 Å². The highest BCUT2D eigenvalue weighted by Crippen LogP contribution is 2.34. The monoisotopic (exact) mass is 364 g/mol. The Labute approximate surface area is 149 Å². The predicted molar refractivity (Wildman–Crippen MR) is 89.8 cm³/mol. The van der Waals surface area contributed by atoms with Gasteiger partial charge in [0.1, 0.15) is 12.3 Å². The minimum absolute atomic E-state index is 0.00711. The molecule has 0 bridgehead atoms. The first-order valence-corrected chi connectivity index (χ1v) is 8.45. The molecule has 0 aliphatic carbocycles. The molecule has 3 heterocycles. The Morgan fingerprint density at radius 3 is 3.00 bits per heavy atom. The van der Waals surface area contributed by atoms with Crippen molar-refractivity contribution in [2.24, 2.45) is 0 Å². The largest absolute Gasteiger partial charge is 0.482 e. The lowest BCUT2D eigenvalue weighted by molar-refractivity contribution is -0.133. The van der Waals surface area contributed by atoms with Crippen LogP contribution in [-0.4, -0.2) is 73.0 Å². The SMILES string of the molecule is O=C(CN1C(=O)COc2ccc(Cl)cc21)N1CCN2C(=O)NCC2C1. The van der Waals surface area contributed by atoms with Crippen LogP contribution in [0.4, 0.5) is 10.5 Å². The molecule has 25 heavy (non-hydrogen) atoms. The summed E-state index contributed by atoms with van der Waals surface area (Å²) in [5, 5.41) is 3.25. The standard InChI is InChI=1S/C16H17ClN4O4/c17-10-1-2-13-12(5-10)21(15(23)9-25-13)8-14(22)19-3-4-20-11(7-19)6-18-16(20)24/h1-2,5,11H,3-4,6-9H2,(H,18,24). The molecule has 2 saturated heterocycles. The minimum Gasteiger partial charge on any atom is -0.482 e. The summed E-state index contributed by atoms with van der Waals surface area (Å²) in [4.78, 5) is 41.5. The maximum atomic E-state index is 12.7. The van der Waals surface area contributed by atoms with Crippen molar-refractivity contribution >= 4 is 35.1 Å². The fourth-order valence-corrected chi connectivity index (χ4v) is 3.58. The highest BCUT2D eigenvalue weighted by atomic mass is 35.5. The molecule has 2 fully saturated rings. The van der Waals surface area contributed by atoms with Gasteiger partial charge in [-0.25, -0.2) is 4.79 Å². The van der Waals surface area contributed by atoms with E-state index in [9.17, 15) is 14.4 Å². The van der Waals surface area contributed by atoms with Gasteiger partial charge in [-0.05, 0) is 18.2 Å². The number of fused-ring (bicyclic) bond motifs is 2. The van der Waals surface area contributed by atoms with Crippen LogP contribution >= 0.6 is 11.6 Å². The number of hydrogen-bond acceptors (Lipinski definition) is 4. The summed E-state index contributed by atoms with van der Waals surface area (Å²) in [5.74, 6) is 0.104. The third-order valence-electron chi connectivity index (χ3n) is 4.74. The molecule has 4 amide bonds. The van der Waals surface area contributed by atoms with Crippen LogP contribution < -0.4 is 15.0 Å². The number of benzene rings is 1. The molecule has 4 rings (SSSR count). The zero-order valence-corrected chi connectivity index (χ0v) is 14.2. The Bertz CT molecular complexity index is 756. The average Bonchev–Trinajstić information content (AvgIpc) is 2.98. The van der Waals surface area contributed by atoms with Gasteiger partial charge in [0.2, 0.25) is 5.91 Å². The average molecular weight is 365 g/mol. The summed E-state index contributed by atoms with van der Waals surface area (Å²) in [7, 11) is 0. The lowest BCUT2D eigenvalue weighted by atomic mass is 10.2. The van der Waals surface area contributed by atoms with E-state index in [1.165, 1.54) is 4.90 Å². The number of nitrogens with zero attached hydrogens (tertiary/aromatic N) is 3. The molecule has 0 radical (unpaired) electrons.